The molecule has 0 bridgehead atoms. The fourth-order valence-corrected chi connectivity index (χ4v) is 7.06. The molecular weight excluding hydrogens is 611 g/mol. The summed E-state index contributed by atoms with van der Waals surface area (Å²) in [5, 5.41) is 9.48. The van der Waals surface area contributed by atoms with E-state index in [1.165, 1.54) is 22.3 Å². The first-order valence-corrected chi connectivity index (χ1v) is 16.3. The molecule has 12 nitrogen and oxygen atoms in total. The number of benzene rings is 1. The van der Waals surface area contributed by atoms with E-state index in [0.717, 1.165) is 43.5 Å². The summed E-state index contributed by atoms with van der Waals surface area (Å²) in [5.74, 6) is -1.26. The van der Waals surface area contributed by atoms with Crippen LogP contribution in [0.1, 0.15) is 84.9 Å². The molecule has 1 unspecified atom stereocenters. The van der Waals surface area contributed by atoms with Gasteiger partial charge in [0.2, 0.25) is 0 Å². The lowest BCUT2D eigenvalue weighted by molar-refractivity contribution is -0.121. The summed E-state index contributed by atoms with van der Waals surface area (Å²) < 4.78 is 24.8. The molecule has 3 amide bonds. The van der Waals surface area contributed by atoms with E-state index in [1.807, 2.05) is 31.5 Å². The second-order valence-electron chi connectivity index (χ2n) is 12.9. The molecule has 0 spiro atoms. The monoisotopic (exact) mass is 646 g/mol. The van der Waals surface area contributed by atoms with E-state index in [4.69, 9.17) is 4.74 Å². The number of anilines is 1. The number of carbonyl (C=O) groups is 3. The minimum absolute atomic E-state index is 0.0664. The number of amides is 3. The van der Waals surface area contributed by atoms with Crippen molar-refractivity contribution in [2.24, 2.45) is 0 Å². The molecule has 0 radical (unpaired) electrons. The van der Waals surface area contributed by atoms with Crippen molar-refractivity contribution in [3.8, 4) is 5.69 Å². The van der Waals surface area contributed by atoms with Gasteiger partial charge in [0.25, 0.3) is 11.8 Å². The number of rotatable bonds is 6. The molecule has 1 saturated heterocycles. The van der Waals surface area contributed by atoms with Crippen LogP contribution in [0.2, 0.25) is 0 Å². The molecule has 240 valence electrons. The highest BCUT2D eigenvalue weighted by molar-refractivity contribution is 7.13. The highest BCUT2D eigenvalue weighted by Crippen LogP contribution is 2.37. The topological polar surface area (TPSA) is 127 Å². The average molecular weight is 647 g/mol. The van der Waals surface area contributed by atoms with Crippen molar-refractivity contribution in [3.05, 3.63) is 76.3 Å². The number of piperidine rings is 1. The van der Waals surface area contributed by atoms with E-state index in [9.17, 15) is 14.4 Å². The summed E-state index contributed by atoms with van der Waals surface area (Å²) in [4.78, 5) is 52.0. The number of thiazole rings is 1. The lowest BCUT2D eigenvalue weighted by Gasteiger charge is -2.33. The van der Waals surface area contributed by atoms with Crippen LogP contribution in [0.4, 0.5) is 14.3 Å². The number of hydrogen-bond donors (Lipinski definition) is 1. The summed E-state index contributed by atoms with van der Waals surface area (Å²) >= 11 is 1.27. The molecular formula is C32H35FN8O4S. The van der Waals surface area contributed by atoms with Gasteiger partial charge in [-0.25, -0.2) is 23.8 Å². The molecule has 7 rings (SSSR count). The normalized spacial score (nSPS) is 17.3. The van der Waals surface area contributed by atoms with Gasteiger partial charge in [-0.15, -0.1) is 11.3 Å². The van der Waals surface area contributed by atoms with Crippen molar-refractivity contribution < 1.29 is 23.5 Å². The van der Waals surface area contributed by atoms with E-state index in [0.29, 0.717) is 29.6 Å². The molecule has 1 N–H and O–H groups in total. The SMILES string of the molecule is CC(C)(C)OC(=O)N1CCC(c2cnn(-c3cc(F)c4c(c3)C(=O)N(C(C(=O)Nc3nccs3)c3ncn5c3CCC5)C4)c2)CC1. The van der Waals surface area contributed by atoms with E-state index >= 15 is 4.39 Å². The third-order valence-electron chi connectivity index (χ3n) is 8.76. The predicted molar refractivity (Wildman–Crippen MR) is 167 cm³/mol. The minimum Gasteiger partial charge on any atom is -0.444 e. The molecule has 14 heteroatoms. The number of imidazole rings is 1. The molecule has 0 saturated carbocycles. The van der Waals surface area contributed by atoms with Crippen molar-refractivity contribution in [3.63, 3.8) is 0 Å². The van der Waals surface area contributed by atoms with Gasteiger partial charge in [0.1, 0.15) is 11.4 Å². The maximum absolute atomic E-state index is 15.7. The van der Waals surface area contributed by atoms with E-state index < -0.39 is 29.3 Å². The Hall–Kier alpha value is -4.59. The highest BCUT2D eigenvalue weighted by atomic mass is 32.1. The third kappa shape index (κ3) is 5.65. The molecule has 1 aromatic carbocycles. The Balaban J connectivity index is 1.11. The predicted octanol–water partition coefficient (Wildman–Crippen LogP) is 5.06. The number of fused-ring (bicyclic) bond motifs is 2. The van der Waals surface area contributed by atoms with Crippen molar-refractivity contribution >= 4 is 34.4 Å². The minimum atomic E-state index is -1.05. The largest absolute Gasteiger partial charge is 0.444 e. The number of hydrogen-bond acceptors (Lipinski definition) is 8. The Labute approximate surface area is 269 Å². The number of halogens is 1. The quantitative estimate of drug-likeness (QED) is 0.310. The maximum atomic E-state index is 15.7. The Bertz CT molecular complexity index is 1800. The van der Waals surface area contributed by atoms with E-state index in [1.54, 1.807) is 39.7 Å². The highest BCUT2D eigenvalue weighted by Gasteiger charge is 2.42. The van der Waals surface area contributed by atoms with Crippen LogP contribution < -0.4 is 5.32 Å². The molecule has 3 aliphatic heterocycles. The van der Waals surface area contributed by atoms with Gasteiger partial charge in [-0.1, -0.05) is 0 Å². The average Bonchev–Trinajstić information content (AvgIpc) is 3.84. The first kappa shape index (κ1) is 30.1. The molecule has 0 aliphatic carbocycles. The fourth-order valence-electron chi connectivity index (χ4n) is 6.53. The van der Waals surface area contributed by atoms with Crippen molar-refractivity contribution in [1.29, 1.82) is 0 Å². The molecule has 3 aromatic heterocycles. The van der Waals surface area contributed by atoms with Crippen LogP contribution in [0, 0.1) is 5.82 Å². The van der Waals surface area contributed by atoms with Crippen LogP contribution >= 0.6 is 11.3 Å². The van der Waals surface area contributed by atoms with Crippen LogP contribution in [0.3, 0.4) is 0 Å². The number of aryl methyl sites for hydroxylation is 1. The van der Waals surface area contributed by atoms with Crippen molar-refractivity contribution in [2.45, 2.75) is 77.1 Å². The summed E-state index contributed by atoms with van der Waals surface area (Å²) in [6, 6.07) is 1.95. The van der Waals surface area contributed by atoms with Crippen LogP contribution in [0.25, 0.3) is 5.69 Å². The zero-order valence-electron chi connectivity index (χ0n) is 25.9. The summed E-state index contributed by atoms with van der Waals surface area (Å²) in [6.07, 6.45) is 9.75. The number of likely N-dealkylation sites (tertiary alicyclic amines) is 1. The maximum Gasteiger partial charge on any atom is 0.410 e. The van der Waals surface area contributed by atoms with Gasteiger partial charge in [-0.05, 0) is 70.1 Å². The molecule has 1 fully saturated rings. The molecule has 46 heavy (non-hydrogen) atoms. The number of nitrogens with one attached hydrogen (secondary N) is 1. The van der Waals surface area contributed by atoms with Gasteiger partial charge >= 0.3 is 6.09 Å². The molecule has 1 atom stereocenters. The number of carbonyl (C=O) groups excluding carboxylic acids is 3. The molecule has 4 aromatic rings. The smallest absolute Gasteiger partial charge is 0.410 e. The van der Waals surface area contributed by atoms with E-state index in [2.05, 4.69) is 20.4 Å². The van der Waals surface area contributed by atoms with Gasteiger partial charge in [0, 0.05) is 54.2 Å². The van der Waals surface area contributed by atoms with Crippen LogP contribution in [0.15, 0.2) is 42.4 Å². The van der Waals surface area contributed by atoms with Gasteiger partial charge in [0.15, 0.2) is 11.2 Å². The van der Waals surface area contributed by atoms with Gasteiger partial charge < -0.3 is 19.1 Å². The Morgan fingerprint density at radius 1 is 1.15 bits per heavy atom. The van der Waals surface area contributed by atoms with Crippen LogP contribution in [-0.4, -0.2) is 70.7 Å². The Kier molecular flexibility index (Phi) is 7.62. The Morgan fingerprint density at radius 2 is 1.96 bits per heavy atom. The third-order valence-corrected chi connectivity index (χ3v) is 9.45. The van der Waals surface area contributed by atoms with Crippen LogP contribution in [-0.2, 0) is 29.0 Å². The second kappa shape index (κ2) is 11.6. The van der Waals surface area contributed by atoms with Gasteiger partial charge in [0.05, 0.1) is 30.5 Å². The zero-order valence-corrected chi connectivity index (χ0v) is 26.7. The van der Waals surface area contributed by atoms with Gasteiger partial charge in [-0.3, -0.25) is 14.9 Å². The summed E-state index contributed by atoms with van der Waals surface area (Å²) in [5.41, 5.74) is 2.68. The first-order valence-electron chi connectivity index (χ1n) is 15.5. The summed E-state index contributed by atoms with van der Waals surface area (Å²) in [7, 11) is 0. The lowest BCUT2D eigenvalue weighted by atomic mass is 9.92. The van der Waals surface area contributed by atoms with Crippen molar-refractivity contribution in [2.75, 3.05) is 18.4 Å². The van der Waals surface area contributed by atoms with Gasteiger partial charge in [-0.2, -0.15) is 5.10 Å². The summed E-state index contributed by atoms with van der Waals surface area (Å²) in [6.45, 7) is 7.42. The number of aromatic nitrogens is 5. The molecule has 3 aliphatic rings. The molecule has 6 heterocycles. The standard InChI is InChI=1S/C32H35FN8O4S/c1-32(2,3)45-31(44)38-10-6-19(7-11-38)20-15-36-41(16-20)21-13-22-23(24(33)14-21)17-40(29(22)43)27(28(42)37-30-34-8-12-46-30)26-25-5-4-9-39(25)18-35-26/h8,12-16,18-19,27H,4-7,9-11,17H2,1-3H3,(H,34,37,42). The Morgan fingerprint density at radius 3 is 2.70 bits per heavy atom. The first-order chi connectivity index (χ1) is 22.1. The van der Waals surface area contributed by atoms with Crippen LogP contribution in [0.5, 0.6) is 0 Å². The second-order valence-corrected chi connectivity index (χ2v) is 13.8. The zero-order chi connectivity index (χ0) is 32.2. The lowest BCUT2D eigenvalue weighted by Crippen LogP contribution is -2.41. The number of ether oxygens (including phenoxy) is 1. The van der Waals surface area contributed by atoms with E-state index in [-0.39, 0.29) is 29.7 Å². The fraction of sp³-hybridized carbons (Fsp3) is 0.438. The van der Waals surface area contributed by atoms with Crippen molar-refractivity contribution in [1.82, 2.24) is 34.1 Å². The number of nitrogens with zero attached hydrogens (tertiary/aromatic N) is 7.